The summed E-state index contributed by atoms with van der Waals surface area (Å²) in [6, 6.07) is 5.49. The monoisotopic (exact) mass is 392 g/mol. The van der Waals surface area contributed by atoms with Crippen molar-refractivity contribution >= 4 is 27.8 Å². The normalized spacial score (nSPS) is 10.9. The van der Waals surface area contributed by atoms with Crippen LogP contribution in [0.25, 0.3) is 11.3 Å². The largest absolute Gasteiger partial charge is 0.492 e. The highest BCUT2D eigenvalue weighted by Gasteiger charge is 2.18. The van der Waals surface area contributed by atoms with Gasteiger partial charge in [-0.25, -0.2) is 9.97 Å². The summed E-state index contributed by atoms with van der Waals surface area (Å²) in [6.45, 7) is 6.62. The Morgan fingerprint density at radius 3 is 2.62 bits per heavy atom. The minimum atomic E-state index is -0.587. The topological polar surface area (TPSA) is 104 Å². The van der Waals surface area contributed by atoms with Gasteiger partial charge < -0.3 is 16.2 Å². The van der Waals surface area contributed by atoms with Gasteiger partial charge in [-0.2, -0.15) is 0 Å². The number of rotatable bonds is 6. The number of carbonyl (C=O) groups excluding carboxylic acids is 1. The van der Waals surface area contributed by atoms with E-state index in [2.05, 4.69) is 39.7 Å². The summed E-state index contributed by atoms with van der Waals surface area (Å²) in [5, 5.41) is 0. The summed E-state index contributed by atoms with van der Waals surface area (Å²) in [7, 11) is 0. The van der Waals surface area contributed by atoms with Crippen LogP contribution in [0, 0.1) is 12.8 Å². The van der Waals surface area contributed by atoms with Crippen molar-refractivity contribution in [2.75, 3.05) is 12.3 Å². The van der Waals surface area contributed by atoms with Gasteiger partial charge in [0.15, 0.2) is 0 Å². The molecule has 0 aliphatic carbocycles. The molecule has 0 radical (unpaired) electrons. The summed E-state index contributed by atoms with van der Waals surface area (Å²) in [5.41, 5.74) is 13.0. The molecule has 1 aromatic heterocycles. The Bertz CT molecular complexity index is 762. The van der Waals surface area contributed by atoms with Crippen LogP contribution in [0.2, 0.25) is 0 Å². The van der Waals surface area contributed by atoms with E-state index < -0.39 is 5.91 Å². The van der Waals surface area contributed by atoms with E-state index in [4.69, 9.17) is 16.2 Å². The molecule has 4 N–H and O–H groups in total. The van der Waals surface area contributed by atoms with Crippen LogP contribution in [0.1, 0.15) is 36.3 Å². The van der Waals surface area contributed by atoms with E-state index in [-0.39, 0.29) is 11.5 Å². The first kappa shape index (κ1) is 18.2. The van der Waals surface area contributed by atoms with Crippen molar-refractivity contribution in [2.24, 2.45) is 11.7 Å². The van der Waals surface area contributed by atoms with E-state index in [9.17, 15) is 4.79 Å². The maximum atomic E-state index is 11.7. The summed E-state index contributed by atoms with van der Waals surface area (Å²) in [5.74, 6) is 0.823. The SMILES string of the molecule is Cc1nc(N)nc(-c2ccc(OCCC(C)C)c(Br)c2)c1C(N)=O. The number of nitrogens with zero attached hydrogens (tertiary/aromatic N) is 2. The third-order valence-corrected chi connectivity index (χ3v) is 4.13. The fourth-order valence-corrected chi connectivity index (χ4v) is 2.76. The van der Waals surface area contributed by atoms with Gasteiger partial charge in [0.25, 0.3) is 5.91 Å². The van der Waals surface area contributed by atoms with Gasteiger partial charge in [-0.1, -0.05) is 13.8 Å². The van der Waals surface area contributed by atoms with Crippen molar-refractivity contribution in [3.8, 4) is 17.0 Å². The van der Waals surface area contributed by atoms with Crippen LogP contribution in [-0.2, 0) is 0 Å². The molecule has 6 nitrogen and oxygen atoms in total. The molecule has 0 saturated heterocycles. The molecule has 0 aliphatic heterocycles. The first-order valence-corrected chi connectivity index (χ1v) is 8.45. The standard InChI is InChI=1S/C17H21BrN4O2/c1-9(2)6-7-24-13-5-4-11(8-12(13)18)15-14(16(19)23)10(3)21-17(20)22-15/h4-5,8-9H,6-7H2,1-3H3,(H2,19,23)(H2,20,21,22). The van der Waals surface area contributed by atoms with Gasteiger partial charge in [-0.3, -0.25) is 4.79 Å². The number of carbonyl (C=O) groups is 1. The maximum absolute atomic E-state index is 11.7. The molecule has 128 valence electrons. The van der Waals surface area contributed by atoms with Crippen LogP contribution in [-0.4, -0.2) is 22.5 Å². The lowest BCUT2D eigenvalue weighted by Crippen LogP contribution is -2.17. The molecule has 0 saturated carbocycles. The first-order valence-electron chi connectivity index (χ1n) is 7.66. The van der Waals surface area contributed by atoms with Gasteiger partial charge in [-0.05, 0) is 53.4 Å². The molecule has 0 unspecified atom stereocenters. The number of aromatic nitrogens is 2. The summed E-state index contributed by atoms with van der Waals surface area (Å²) >= 11 is 3.49. The lowest BCUT2D eigenvalue weighted by Gasteiger charge is -2.13. The fraction of sp³-hybridized carbons (Fsp3) is 0.353. The van der Waals surface area contributed by atoms with Crippen molar-refractivity contribution in [1.29, 1.82) is 0 Å². The van der Waals surface area contributed by atoms with Crippen LogP contribution in [0.15, 0.2) is 22.7 Å². The highest BCUT2D eigenvalue weighted by Crippen LogP contribution is 2.32. The zero-order valence-electron chi connectivity index (χ0n) is 14.0. The van der Waals surface area contributed by atoms with Crippen molar-refractivity contribution in [3.05, 3.63) is 33.9 Å². The summed E-state index contributed by atoms with van der Waals surface area (Å²) in [4.78, 5) is 19.9. The maximum Gasteiger partial charge on any atom is 0.252 e. The number of benzene rings is 1. The third kappa shape index (κ3) is 4.23. The Hall–Kier alpha value is -2.15. The number of amides is 1. The van der Waals surface area contributed by atoms with E-state index in [0.29, 0.717) is 29.5 Å². The van der Waals surface area contributed by atoms with Crippen LogP contribution in [0.5, 0.6) is 5.75 Å². The molecule has 0 atom stereocenters. The second kappa shape index (κ2) is 7.61. The second-order valence-corrected chi connectivity index (χ2v) is 6.79. The summed E-state index contributed by atoms with van der Waals surface area (Å²) in [6.07, 6.45) is 0.974. The molecule has 0 spiro atoms. The molecule has 1 amide bonds. The molecule has 0 aliphatic rings. The molecule has 0 fully saturated rings. The fourth-order valence-electron chi connectivity index (χ4n) is 2.27. The minimum Gasteiger partial charge on any atom is -0.492 e. The smallest absolute Gasteiger partial charge is 0.252 e. The van der Waals surface area contributed by atoms with Gasteiger partial charge in [0.05, 0.1) is 28.0 Å². The van der Waals surface area contributed by atoms with E-state index in [0.717, 1.165) is 16.6 Å². The Labute approximate surface area is 149 Å². The van der Waals surface area contributed by atoms with Crippen molar-refractivity contribution in [1.82, 2.24) is 9.97 Å². The van der Waals surface area contributed by atoms with Gasteiger partial charge in [0, 0.05) is 5.56 Å². The molecular formula is C17H21BrN4O2. The number of aryl methyl sites for hydroxylation is 1. The van der Waals surface area contributed by atoms with Gasteiger partial charge >= 0.3 is 0 Å². The number of nitrogens with two attached hydrogens (primary N) is 2. The van der Waals surface area contributed by atoms with Gasteiger partial charge in [0.2, 0.25) is 5.95 Å². The molecule has 7 heteroatoms. The van der Waals surface area contributed by atoms with Crippen molar-refractivity contribution in [2.45, 2.75) is 27.2 Å². The summed E-state index contributed by atoms with van der Waals surface area (Å²) < 4.78 is 6.54. The molecular weight excluding hydrogens is 372 g/mol. The van der Waals surface area contributed by atoms with E-state index in [1.807, 2.05) is 18.2 Å². The zero-order valence-corrected chi connectivity index (χ0v) is 15.6. The van der Waals surface area contributed by atoms with Crippen molar-refractivity contribution < 1.29 is 9.53 Å². The highest BCUT2D eigenvalue weighted by atomic mass is 79.9. The van der Waals surface area contributed by atoms with Crippen LogP contribution < -0.4 is 16.2 Å². The molecule has 2 rings (SSSR count). The number of hydrogen-bond donors (Lipinski definition) is 2. The predicted molar refractivity (Wildman–Crippen MR) is 97.8 cm³/mol. The van der Waals surface area contributed by atoms with Gasteiger partial charge in [0.1, 0.15) is 5.75 Å². The van der Waals surface area contributed by atoms with E-state index in [1.54, 1.807) is 6.92 Å². The van der Waals surface area contributed by atoms with Crippen molar-refractivity contribution in [3.63, 3.8) is 0 Å². The number of primary amides is 1. The molecule has 2 aromatic rings. The predicted octanol–water partition coefficient (Wildman–Crippen LogP) is 3.32. The number of anilines is 1. The van der Waals surface area contributed by atoms with Crippen LogP contribution >= 0.6 is 15.9 Å². The number of ether oxygens (including phenoxy) is 1. The van der Waals surface area contributed by atoms with E-state index in [1.165, 1.54) is 0 Å². The number of nitrogen functional groups attached to an aromatic ring is 1. The third-order valence-electron chi connectivity index (χ3n) is 3.51. The number of halogens is 1. The van der Waals surface area contributed by atoms with E-state index >= 15 is 0 Å². The number of hydrogen-bond acceptors (Lipinski definition) is 5. The lowest BCUT2D eigenvalue weighted by atomic mass is 10.0. The molecule has 1 heterocycles. The molecule has 24 heavy (non-hydrogen) atoms. The Morgan fingerprint density at radius 1 is 1.33 bits per heavy atom. The second-order valence-electron chi connectivity index (χ2n) is 5.93. The lowest BCUT2D eigenvalue weighted by molar-refractivity contribution is 0.0999. The van der Waals surface area contributed by atoms with Crippen LogP contribution in [0.3, 0.4) is 0 Å². The minimum absolute atomic E-state index is 0.0980. The Balaban J connectivity index is 2.37. The van der Waals surface area contributed by atoms with Gasteiger partial charge in [-0.15, -0.1) is 0 Å². The average Bonchev–Trinajstić information content (AvgIpc) is 2.47. The van der Waals surface area contributed by atoms with Crippen LogP contribution in [0.4, 0.5) is 5.95 Å². The first-order chi connectivity index (χ1) is 11.3. The molecule has 0 bridgehead atoms. The Morgan fingerprint density at radius 2 is 2.04 bits per heavy atom. The highest BCUT2D eigenvalue weighted by molar-refractivity contribution is 9.10. The quantitative estimate of drug-likeness (QED) is 0.784. The Kier molecular flexibility index (Phi) is 5.77. The average molecular weight is 393 g/mol. The zero-order chi connectivity index (χ0) is 17.9. The molecule has 1 aromatic carbocycles.